The van der Waals surface area contributed by atoms with Gasteiger partial charge in [0.05, 0.1) is 24.0 Å². The third-order valence-corrected chi connectivity index (χ3v) is 2.84. The van der Waals surface area contributed by atoms with E-state index in [2.05, 4.69) is 23.4 Å². The van der Waals surface area contributed by atoms with Crippen molar-refractivity contribution in [1.29, 1.82) is 0 Å². The van der Waals surface area contributed by atoms with Gasteiger partial charge >= 0.3 is 0 Å². The van der Waals surface area contributed by atoms with Gasteiger partial charge < -0.3 is 9.30 Å². The Balaban J connectivity index is 2.70. The largest absolute Gasteiger partial charge is 0.497 e. The number of ether oxygens (including phenoxy) is 1. The number of benzene rings is 1. The van der Waals surface area contributed by atoms with Crippen LogP contribution in [0.2, 0.25) is 0 Å². The Morgan fingerprint density at radius 2 is 2.19 bits per heavy atom. The van der Waals surface area contributed by atoms with E-state index in [-0.39, 0.29) is 0 Å². The lowest BCUT2D eigenvalue weighted by molar-refractivity contribution is 0.415. The van der Waals surface area contributed by atoms with E-state index in [1.807, 2.05) is 18.2 Å². The Bertz CT molecular complexity index is 505. The van der Waals surface area contributed by atoms with Gasteiger partial charge in [-0.05, 0) is 26.0 Å². The number of fused-ring (bicyclic) bond motifs is 1. The number of halogens is 1. The molecule has 2 rings (SSSR count). The first-order chi connectivity index (χ1) is 7.67. The molecule has 0 saturated carbocycles. The van der Waals surface area contributed by atoms with Gasteiger partial charge in [0.1, 0.15) is 11.6 Å². The minimum absolute atomic E-state index is 0.339. The molecule has 3 nitrogen and oxygen atoms in total. The normalized spacial score (nSPS) is 11.3. The summed E-state index contributed by atoms with van der Waals surface area (Å²) < 4.78 is 7.37. The number of nitrogens with zero attached hydrogens (tertiary/aromatic N) is 2. The molecule has 1 heterocycles. The van der Waals surface area contributed by atoms with Crippen LogP contribution in [-0.2, 0) is 5.88 Å². The fraction of sp³-hybridized carbons (Fsp3) is 0.417. The molecule has 86 valence electrons. The number of rotatable bonds is 3. The molecule has 4 heteroatoms. The van der Waals surface area contributed by atoms with Gasteiger partial charge in [-0.3, -0.25) is 0 Å². The van der Waals surface area contributed by atoms with E-state index >= 15 is 0 Å². The average molecular weight is 239 g/mol. The molecule has 0 unspecified atom stereocenters. The van der Waals surface area contributed by atoms with Crippen molar-refractivity contribution in [1.82, 2.24) is 9.55 Å². The van der Waals surface area contributed by atoms with Crippen LogP contribution in [0.1, 0.15) is 25.7 Å². The van der Waals surface area contributed by atoms with Crippen molar-refractivity contribution in [2.75, 3.05) is 7.11 Å². The number of hydrogen-bond acceptors (Lipinski definition) is 2. The van der Waals surface area contributed by atoms with Crippen LogP contribution in [-0.4, -0.2) is 16.7 Å². The molecule has 0 aliphatic heterocycles. The summed E-state index contributed by atoms with van der Waals surface area (Å²) in [7, 11) is 1.67. The van der Waals surface area contributed by atoms with Crippen molar-refractivity contribution in [3.8, 4) is 5.75 Å². The van der Waals surface area contributed by atoms with Gasteiger partial charge in [0, 0.05) is 12.1 Å². The summed E-state index contributed by atoms with van der Waals surface area (Å²) in [4.78, 5) is 4.50. The summed E-state index contributed by atoms with van der Waals surface area (Å²) in [6, 6.07) is 6.21. The highest BCUT2D eigenvalue weighted by Crippen LogP contribution is 2.25. The monoisotopic (exact) mass is 238 g/mol. The Hall–Kier alpha value is -1.22. The summed E-state index contributed by atoms with van der Waals surface area (Å²) >= 11 is 5.91. The van der Waals surface area contributed by atoms with E-state index in [1.165, 1.54) is 0 Å². The molecule has 1 aromatic heterocycles. The fourth-order valence-corrected chi connectivity index (χ4v) is 2.11. The van der Waals surface area contributed by atoms with Gasteiger partial charge in [-0.15, -0.1) is 11.6 Å². The number of aromatic nitrogens is 2. The molecule has 0 N–H and O–H groups in total. The highest BCUT2D eigenvalue weighted by atomic mass is 35.5. The lowest BCUT2D eigenvalue weighted by atomic mass is 10.2. The van der Waals surface area contributed by atoms with Gasteiger partial charge in [0.2, 0.25) is 0 Å². The molecule has 16 heavy (non-hydrogen) atoms. The molecule has 0 atom stereocenters. The van der Waals surface area contributed by atoms with E-state index in [0.29, 0.717) is 11.9 Å². The maximum atomic E-state index is 5.91. The van der Waals surface area contributed by atoms with E-state index in [1.54, 1.807) is 7.11 Å². The first kappa shape index (κ1) is 11.3. The van der Waals surface area contributed by atoms with Crippen LogP contribution >= 0.6 is 11.6 Å². The minimum atomic E-state index is 0.339. The molecular weight excluding hydrogens is 224 g/mol. The van der Waals surface area contributed by atoms with Crippen molar-refractivity contribution in [3.63, 3.8) is 0 Å². The third kappa shape index (κ3) is 1.76. The van der Waals surface area contributed by atoms with Crippen LogP contribution in [0, 0.1) is 0 Å². The summed E-state index contributed by atoms with van der Waals surface area (Å²) in [5.74, 6) is 2.17. The molecule has 1 aromatic carbocycles. The Labute approximate surface area is 100.0 Å². The molecule has 2 aromatic rings. The second-order valence-electron chi connectivity index (χ2n) is 3.98. The van der Waals surface area contributed by atoms with Crippen LogP contribution in [0.15, 0.2) is 18.2 Å². The topological polar surface area (TPSA) is 27.1 Å². The van der Waals surface area contributed by atoms with Crippen LogP contribution < -0.4 is 4.74 Å². The van der Waals surface area contributed by atoms with Gasteiger partial charge in [-0.2, -0.15) is 0 Å². The SMILES string of the molecule is COc1ccc2nc(CCl)n(C(C)C)c2c1. The number of imidazole rings is 1. The van der Waals surface area contributed by atoms with Crippen LogP contribution in [0.3, 0.4) is 0 Å². The van der Waals surface area contributed by atoms with Crippen molar-refractivity contribution in [2.24, 2.45) is 0 Å². The second-order valence-corrected chi connectivity index (χ2v) is 4.25. The molecule has 0 saturated heterocycles. The zero-order valence-electron chi connectivity index (χ0n) is 9.70. The maximum absolute atomic E-state index is 5.91. The molecule has 0 fully saturated rings. The van der Waals surface area contributed by atoms with Crippen LogP contribution in [0.5, 0.6) is 5.75 Å². The van der Waals surface area contributed by atoms with E-state index < -0.39 is 0 Å². The lowest BCUT2D eigenvalue weighted by Gasteiger charge is -2.11. The van der Waals surface area contributed by atoms with Crippen molar-refractivity contribution in [2.45, 2.75) is 25.8 Å². The van der Waals surface area contributed by atoms with Crippen molar-refractivity contribution in [3.05, 3.63) is 24.0 Å². The van der Waals surface area contributed by atoms with E-state index in [9.17, 15) is 0 Å². The fourth-order valence-electron chi connectivity index (χ4n) is 1.92. The second kappa shape index (κ2) is 4.34. The average Bonchev–Trinajstić information content (AvgIpc) is 2.65. The molecule has 0 radical (unpaired) electrons. The molecular formula is C12H15ClN2O. The van der Waals surface area contributed by atoms with Crippen LogP contribution in [0.4, 0.5) is 0 Å². The molecule has 0 aliphatic carbocycles. The Morgan fingerprint density at radius 3 is 2.75 bits per heavy atom. The highest BCUT2D eigenvalue weighted by molar-refractivity contribution is 6.16. The first-order valence-corrected chi connectivity index (χ1v) is 5.81. The highest BCUT2D eigenvalue weighted by Gasteiger charge is 2.12. The molecule has 0 amide bonds. The summed E-state index contributed by atoms with van der Waals surface area (Å²) in [6.45, 7) is 4.24. The number of alkyl halides is 1. The first-order valence-electron chi connectivity index (χ1n) is 5.28. The van der Waals surface area contributed by atoms with Crippen molar-refractivity contribution < 1.29 is 4.74 Å². The van der Waals surface area contributed by atoms with Gasteiger partial charge in [-0.1, -0.05) is 0 Å². The summed E-state index contributed by atoms with van der Waals surface area (Å²) in [6.07, 6.45) is 0. The summed E-state index contributed by atoms with van der Waals surface area (Å²) in [5, 5.41) is 0. The quantitative estimate of drug-likeness (QED) is 0.767. The minimum Gasteiger partial charge on any atom is -0.497 e. The molecule has 0 bridgehead atoms. The zero-order valence-corrected chi connectivity index (χ0v) is 10.5. The predicted molar refractivity (Wildman–Crippen MR) is 66.2 cm³/mol. The van der Waals surface area contributed by atoms with Gasteiger partial charge in [0.25, 0.3) is 0 Å². The lowest BCUT2D eigenvalue weighted by Crippen LogP contribution is -2.04. The summed E-state index contributed by atoms with van der Waals surface area (Å²) in [5.41, 5.74) is 2.04. The number of hydrogen-bond donors (Lipinski definition) is 0. The van der Waals surface area contributed by atoms with Gasteiger partial charge in [-0.25, -0.2) is 4.98 Å². The standard InChI is InChI=1S/C12H15ClN2O/c1-8(2)15-11-6-9(16-3)4-5-10(11)14-12(15)7-13/h4-6,8H,7H2,1-3H3. The van der Waals surface area contributed by atoms with Gasteiger partial charge in [0.15, 0.2) is 0 Å². The van der Waals surface area contributed by atoms with Crippen molar-refractivity contribution >= 4 is 22.6 Å². The smallest absolute Gasteiger partial charge is 0.125 e. The predicted octanol–water partition coefficient (Wildman–Crippen LogP) is 3.36. The van der Waals surface area contributed by atoms with Crippen LogP contribution in [0.25, 0.3) is 11.0 Å². The third-order valence-electron chi connectivity index (χ3n) is 2.61. The Morgan fingerprint density at radius 1 is 1.44 bits per heavy atom. The number of methoxy groups -OCH3 is 1. The Kier molecular flexibility index (Phi) is 3.06. The van der Waals surface area contributed by atoms with E-state index in [0.717, 1.165) is 22.6 Å². The molecule has 0 spiro atoms. The van der Waals surface area contributed by atoms with E-state index in [4.69, 9.17) is 16.3 Å². The zero-order chi connectivity index (χ0) is 11.7. The maximum Gasteiger partial charge on any atom is 0.125 e. The molecule has 0 aliphatic rings.